The molecule has 1 aromatic heterocycles. The van der Waals surface area contributed by atoms with E-state index in [1.54, 1.807) is 0 Å². The first-order chi connectivity index (χ1) is 32.2. The van der Waals surface area contributed by atoms with Crippen LogP contribution in [0.15, 0.2) is 237 Å². The summed E-state index contributed by atoms with van der Waals surface area (Å²) < 4.78 is 2.61. The van der Waals surface area contributed by atoms with Gasteiger partial charge in [-0.1, -0.05) is 170 Å². The molecule has 0 unspecified atom stereocenters. The number of nitrogens with zero attached hydrogens (tertiary/aromatic N) is 1. The van der Waals surface area contributed by atoms with Crippen molar-refractivity contribution in [2.75, 3.05) is 4.90 Å². The van der Waals surface area contributed by atoms with Crippen molar-refractivity contribution in [2.24, 2.45) is 0 Å². The Hall–Kier alpha value is -8.04. The van der Waals surface area contributed by atoms with Gasteiger partial charge in [0.1, 0.15) is 0 Å². The van der Waals surface area contributed by atoms with Gasteiger partial charge in [0.15, 0.2) is 0 Å². The molecule has 2 heteroatoms. The summed E-state index contributed by atoms with van der Waals surface area (Å²) in [5, 5.41) is 7.54. The lowest BCUT2D eigenvalue weighted by molar-refractivity contribution is 0.793. The van der Waals surface area contributed by atoms with Gasteiger partial charge in [-0.25, -0.2) is 0 Å². The third-order valence-electron chi connectivity index (χ3n) is 14.2. The van der Waals surface area contributed by atoms with Crippen LogP contribution in [-0.4, -0.2) is 0 Å². The minimum atomic E-state index is -0.437. The molecule has 0 N–H and O–H groups in total. The number of hydrogen-bond acceptors (Lipinski definition) is 2. The smallest absolute Gasteiger partial charge is 0.0726 e. The fraction of sp³-hybridized carbons (Fsp3) is 0.0159. The zero-order valence-corrected chi connectivity index (χ0v) is 36.2. The lowest BCUT2D eigenvalue weighted by Gasteiger charge is -2.32. The highest BCUT2D eigenvalue weighted by Gasteiger charge is 2.51. The summed E-state index contributed by atoms with van der Waals surface area (Å²) in [5.41, 5.74) is 18.4. The summed E-state index contributed by atoms with van der Waals surface area (Å²) in [6.07, 6.45) is 0. The number of thiophene rings is 1. The summed E-state index contributed by atoms with van der Waals surface area (Å²) >= 11 is 1.86. The Kier molecular flexibility index (Phi) is 7.84. The maximum Gasteiger partial charge on any atom is 0.0726 e. The Labute approximate surface area is 381 Å². The standard InChI is InChI=1S/C63H39NS/c1-2-14-42-35-45(26-25-40(42)13-1)55-37-44-16-4-3-15-43(44)36-54(55)41-27-29-46(30-28-41)64(47-32-34-62-56(38-47)53-20-8-12-24-61(53)65-62)48-31-33-52-51-19-7-11-23-59(51)63(60(52)39-48)57-21-9-5-17-49(57)50-18-6-10-22-58(50)63/h1-39H. The molecule has 0 saturated carbocycles. The summed E-state index contributed by atoms with van der Waals surface area (Å²) in [7, 11) is 0. The number of anilines is 3. The number of rotatable bonds is 5. The summed E-state index contributed by atoms with van der Waals surface area (Å²) in [6, 6.07) is 88.5. The Balaban J connectivity index is 0.977. The number of hydrogen-bond donors (Lipinski definition) is 0. The largest absolute Gasteiger partial charge is 0.310 e. The van der Waals surface area contributed by atoms with Crippen LogP contribution in [0.5, 0.6) is 0 Å². The SMILES string of the molecule is c1ccc2c(c1)-c1ccccc1C21c2ccccc2-c2ccc(N(c3ccc(-c4cc5ccccc5cc4-c4ccc5ccccc5c4)cc3)c3ccc4sc5ccccc5c4c3)cc21. The minimum absolute atomic E-state index is 0.437. The summed E-state index contributed by atoms with van der Waals surface area (Å²) in [5.74, 6) is 0. The second-order valence-corrected chi connectivity index (χ2v) is 18.7. The second kappa shape index (κ2) is 14.0. The number of fused-ring (bicyclic) bond motifs is 15. The van der Waals surface area contributed by atoms with E-state index in [9.17, 15) is 0 Å². The van der Waals surface area contributed by atoms with Crippen LogP contribution in [0.25, 0.3) is 86.2 Å². The van der Waals surface area contributed by atoms with E-state index in [0.717, 1.165) is 17.1 Å². The maximum absolute atomic E-state index is 2.50. The van der Waals surface area contributed by atoms with Crippen molar-refractivity contribution >= 4 is 70.1 Å². The monoisotopic (exact) mass is 841 g/mol. The molecule has 65 heavy (non-hydrogen) atoms. The van der Waals surface area contributed by atoms with E-state index in [-0.39, 0.29) is 0 Å². The fourth-order valence-electron chi connectivity index (χ4n) is 11.4. The molecule has 11 aromatic carbocycles. The van der Waals surface area contributed by atoms with Crippen molar-refractivity contribution in [3.05, 3.63) is 259 Å². The van der Waals surface area contributed by atoms with Crippen LogP contribution < -0.4 is 4.90 Å². The Morgan fingerprint density at radius 1 is 0.277 bits per heavy atom. The van der Waals surface area contributed by atoms with Gasteiger partial charge in [-0.15, -0.1) is 11.3 Å². The topological polar surface area (TPSA) is 3.24 Å². The van der Waals surface area contributed by atoms with Crippen LogP contribution in [0.4, 0.5) is 17.1 Å². The van der Waals surface area contributed by atoms with E-state index in [4.69, 9.17) is 0 Å². The number of benzene rings is 11. The molecule has 0 radical (unpaired) electrons. The molecular formula is C63H39NS. The van der Waals surface area contributed by atoms with Crippen molar-refractivity contribution in [3.63, 3.8) is 0 Å². The van der Waals surface area contributed by atoms with Crippen LogP contribution in [0.2, 0.25) is 0 Å². The van der Waals surface area contributed by atoms with Gasteiger partial charge in [-0.2, -0.15) is 0 Å². The van der Waals surface area contributed by atoms with E-state index in [2.05, 4.69) is 241 Å². The zero-order chi connectivity index (χ0) is 42.6. The van der Waals surface area contributed by atoms with Crippen molar-refractivity contribution in [2.45, 2.75) is 5.41 Å². The van der Waals surface area contributed by atoms with Gasteiger partial charge in [0.25, 0.3) is 0 Å². The first kappa shape index (κ1) is 36.4. The maximum atomic E-state index is 2.50. The van der Waals surface area contributed by atoms with Gasteiger partial charge in [0, 0.05) is 37.2 Å². The molecule has 0 atom stereocenters. The fourth-order valence-corrected chi connectivity index (χ4v) is 12.5. The summed E-state index contributed by atoms with van der Waals surface area (Å²) in [6.45, 7) is 0. The van der Waals surface area contributed by atoms with Gasteiger partial charge < -0.3 is 4.90 Å². The predicted molar refractivity (Wildman–Crippen MR) is 276 cm³/mol. The van der Waals surface area contributed by atoms with Crippen LogP contribution in [0.1, 0.15) is 22.3 Å². The highest BCUT2D eigenvalue weighted by molar-refractivity contribution is 7.25. The van der Waals surface area contributed by atoms with E-state index in [1.165, 1.54) is 108 Å². The quantitative estimate of drug-likeness (QED) is 0.167. The van der Waals surface area contributed by atoms with E-state index in [0.29, 0.717) is 0 Å². The first-order valence-corrected chi connectivity index (χ1v) is 23.3. The molecule has 0 fully saturated rings. The molecule has 1 heterocycles. The molecule has 0 amide bonds. The molecule has 12 aromatic rings. The van der Waals surface area contributed by atoms with Crippen LogP contribution in [-0.2, 0) is 5.41 Å². The lowest BCUT2D eigenvalue weighted by Crippen LogP contribution is -2.26. The lowest BCUT2D eigenvalue weighted by atomic mass is 9.70. The molecular weight excluding hydrogens is 803 g/mol. The van der Waals surface area contributed by atoms with Crippen molar-refractivity contribution < 1.29 is 0 Å². The third-order valence-corrected chi connectivity index (χ3v) is 15.4. The minimum Gasteiger partial charge on any atom is -0.310 e. The summed E-state index contributed by atoms with van der Waals surface area (Å²) in [4.78, 5) is 2.48. The van der Waals surface area contributed by atoms with Gasteiger partial charge in [0.05, 0.1) is 5.41 Å². The van der Waals surface area contributed by atoms with Crippen molar-refractivity contribution in [1.29, 1.82) is 0 Å². The molecule has 2 aliphatic carbocycles. The molecule has 2 aliphatic rings. The Morgan fingerprint density at radius 3 is 1.43 bits per heavy atom. The van der Waals surface area contributed by atoms with Gasteiger partial charge in [-0.3, -0.25) is 0 Å². The average Bonchev–Trinajstić information content (AvgIpc) is 4.00. The van der Waals surface area contributed by atoms with Crippen molar-refractivity contribution in [1.82, 2.24) is 0 Å². The molecule has 0 saturated heterocycles. The van der Waals surface area contributed by atoms with E-state index in [1.807, 2.05) is 11.3 Å². The highest BCUT2D eigenvalue weighted by Crippen LogP contribution is 2.63. The van der Waals surface area contributed by atoms with Gasteiger partial charge in [0.2, 0.25) is 0 Å². The average molecular weight is 842 g/mol. The molecule has 0 aliphatic heterocycles. The molecule has 0 bridgehead atoms. The Morgan fingerprint density at radius 2 is 0.754 bits per heavy atom. The Bertz CT molecular complexity index is 3850. The van der Waals surface area contributed by atoms with Crippen LogP contribution in [0.3, 0.4) is 0 Å². The molecule has 1 nitrogen and oxygen atoms in total. The predicted octanol–water partition coefficient (Wildman–Crippen LogP) is 17.5. The van der Waals surface area contributed by atoms with Gasteiger partial charge in [-0.05, 0) is 155 Å². The van der Waals surface area contributed by atoms with E-state index < -0.39 is 5.41 Å². The zero-order valence-electron chi connectivity index (χ0n) is 35.4. The molecule has 1 spiro atoms. The molecule has 14 rings (SSSR count). The second-order valence-electron chi connectivity index (χ2n) is 17.6. The normalized spacial score (nSPS) is 13.0. The van der Waals surface area contributed by atoms with Crippen LogP contribution in [0, 0.1) is 0 Å². The van der Waals surface area contributed by atoms with E-state index >= 15 is 0 Å². The third kappa shape index (κ3) is 5.32. The molecule has 302 valence electrons. The van der Waals surface area contributed by atoms with Gasteiger partial charge >= 0.3 is 0 Å². The first-order valence-electron chi connectivity index (χ1n) is 22.5. The highest BCUT2D eigenvalue weighted by atomic mass is 32.1. The van der Waals surface area contributed by atoms with Crippen molar-refractivity contribution in [3.8, 4) is 44.5 Å². The van der Waals surface area contributed by atoms with Crippen LogP contribution >= 0.6 is 11.3 Å².